The van der Waals surface area contributed by atoms with Crippen LogP contribution in [0.1, 0.15) is 30.1 Å². The summed E-state index contributed by atoms with van der Waals surface area (Å²) in [7, 11) is 1.93. The van der Waals surface area contributed by atoms with Crippen LogP contribution in [-0.4, -0.2) is 48.2 Å². The van der Waals surface area contributed by atoms with Crippen LogP contribution in [0.3, 0.4) is 0 Å². The first-order valence-electron chi connectivity index (χ1n) is 6.55. The molecule has 0 amide bonds. The standard InChI is InChI=1S/C13H22N4O/c1-4-17-5-6-18-12(9-17)13-15-8-11(7-14-3)10(2)16-13/h8,12,14H,4-7,9H2,1-3H3. The van der Waals surface area contributed by atoms with Crippen molar-refractivity contribution in [2.45, 2.75) is 26.5 Å². The van der Waals surface area contributed by atoms with Crippen LogP contribution in [0.15, 0.2) is 6.20 Å². The molecule has 1 unspecified atom stereocenters. The third-order valence-corrected chi connectivity index (χ3v) is 3.35. The summed E-state index contributed by atoms with van der Waals surface area (Å²) in [5, 5.41) is 3.12. The molecular formula is C13H22N4O. The summed E-state index contributed by atoms with van der Waals surface area (Å²) >= 11 is 0. The van der Waals surface area contributed by atoms with Crippen molar-refractivity contribution in [1.29, 1.82) is 0 Å². The monoisotopic (exact) mass is 250 g/mol. The predicted octanol–water partition coefficient (Wildman–Crippen LogP) is 0.898. The minimum absolute atomic E-state index is 0.0148. The van der Waals surface area contributed by atoms with E-state index in [9.17, 15) is 0 Å². The van der Waals surface area contributed by atoms with E-state index in [0.717, 1.165) is 49.9 Å². The van der Waals surface area contributed by atoms with Gasteiger partial charge in [-0.3, -0.25) is 4.90 Å². The van der Waals surface area contributed by atoms with Crippen molar-refractivity contribution in [2.75, 3.05) is 33.3 Å². The average Bonchev–Trinajstić information content (AvgIpc) is 2.41. The number of hydrogen-bond acceptors (Lipinski definition) is 5. The minimum atomic E-state index is 0.0148. The van der Waals surface area contributed by atoms with Crippen LogP contribution in [0, 0.1) is 6.92 Å². The fraction of sp³-hybridized carbons (Fsp3) is 0.692. The number of morpholine rings is 1. The molecule has 1 aromatic heterocycles. The molecule has 18 heavy (non-hydrogen) atoms. The Hall–Kier alpha value is -1.04. The van der Waals surface area contributed by atoms with Crippen molar-refractivity contribution in [3.63, 3.8) is 0 Å². The molecule has 0 saturated carbocycles. The van der Waals surface area contributed by atoms with Gasteiger partial charge in [-0.1, -0.05) is 6.92 Å². The highest BCUT2D eigenvalue weighted by atomic mass is 16.5. The minimum Gasteiger partial charge on any atom is -0.368 e. The molecule has 0 aromatic carbocycles. The molecule has 1 aromatic rings. The molecule has 2 heterocycles. The van der Waals surface area contributed by atoms with E-state index in [0.29, 0.717) is 0 Å². The lowest BCUT2D eigenvalue weighted by Gasteiger charge is -2.31. The van der Waals surface area contributed by atoms with Crippen LogP contribution in [0.2, 0.25) is 0 Å². The third kappa shape index (κ3) is 3.04. The van der Waals surface area contributed by atoms with Crippen molar-refractivity contribution in [3.05, 3.63) is 23.3 Å². The molecule has 1 N–H and O–H groups in total. The molecule has 2 rings (SSSR count). The molecule has 0 spiro atoms. The van der Waals surface area contributed by atoms with Crippen LogP contribution >= 0.6 is 0 Å². The number of aryl methyl sites for hydroxylation is 1. The normalized spacial score (nSPS) is 21.2. The van der Waals surface area contributed by atoms with Gasteiger partial charge in [0.1, 0.15) is 6.10 Å². The molecule has 1 fully saturated rings. The van der Waals surface area contributed by atoms with Gasteiger partial charge in [-0.05, 0) is 20.5 Å². The van der Waals surface area contributed by atoms with E-state index in [1.807, 2.05) is 20.2 Å². The van der Waals surface area contributed by atoms with E-state index < -0.39 is 0 Å². The van der Waals surface area contributed by atoms with Crippen LogP contribution in [0.5, 0.6) is 0 Å². The molecule has 1 aliphatic rings. The first-order valence-corrected chi connectivity index (χ1v) is 6.55. The lowest BCUT2D eigenvalue weighted by molar-refractivity contribution is -0.0326. The zero-order chi connectivity index (χ0) is 13.0. The highest BCUT2D eigenvalue weighted by Crippen LogP contribution is 2.19. The third-order valence-electron chi connectivity index (χ3n) is 3.35. The molecule has 100 valence electrons. The molecule has 1 aliphatic heterocycles. The maximum Gasteiger partial charge on any atom is 0.158 e. The van der Waals surface area contributed by atoms with Gasteiger partial charge >= 0.3 is 0 Å². The topological polar surface area (TPSA) is 50.3 Å². The first-order chi connectivity index (χ1) is 8.74. The summed E-state index contributed by atoms with van der Waals surface area (Å²) in [5.74, 6) is 0.811. The first kappa shape index (κ1) is 13.4. The van der Waals surface area contributed by atoms with E-state index in [1.165, 1.54) is 0 Å². The number of nitrogens with zero attached hydrogens (tertiary/aromatic N) is 3. The van der Waals surface area contributed by atoms with Gasteiger partial charge in [-0.25, -0.2) is 9.97 Å². The fourth-order valence-electron chi connectivity index (χ4n) is 2.18. The maximum absolute atomic E-state index is 5.77. The largest absolute Gasteiger partial charge is 0.368 e. The lowest BCUT2D eigenvalue weighted by atomic mass is 10.2. The molecule has 5 heteroatoms. The van der Waals surface area contributed by atoms with Gasteiger partial charge in [0.05, 0.1) is 6.61 Å². The van der Waals surface area contributed by atoms with Crippen molar-refractivity contribution >= 4 is 0 Å². The van der Waals surface area contributed by atoms with Crippen molar-refractivity contribution < 1.29 is 4.74 Å². The lowest BCUT2D eigenvalue weighted by Crippen LogP contribution is -2.38. The highest BCUT2D eigenvalue weighted by molar-refractivity contribution is 5.16. The number of nitrogens with one attached hydrogen (secondary N) is 1. The van der Waals surface area contributed by atoms with Gasteiger partial charge in [0, 0.05) is 37.1 Å². The molecule has 1 saturated heterocycles. The molecule has 0 aliphatic carbocycles. The van der Waals surface area contributed by atoms with Gasteiger partial charge < -0.3 is 10.1 Å². The Kier molecular flexibility index (Phi) is 4.63. The van der Waals surface area contributed by atoms with Crippen molar-refractivity contribution in [1.82, 2.24) is 20.2 Å². The van der Waals surface area contributed by atoms with Gasteiger partial charge in [-0.15, -0.1) is 0 Å². The summed E-state index contributed by atoms with van der Waals surface area (Å²) in [6.07, 6.45) is 1.92. The van der Waals surface area contributed by atoms with Crippen LogP contribution in [-0.2, 0) is 11.3 Å². The maximum atomic E-state index is 5.77. The van der Waals surface area contributed by atoms with Crippen LogP contribution < -0.4 is 5.32 Å². The van der Waals surface area contributed by atoms with E-state index in [-0.39, 0.29) is 6.10 Å². The van der Waals surface area contributed by atoms with Crippen LogP contribution in [0.4, 0.5) is 0 Å². The number of hydrogen-bond donors (Lipinski definition) is 1. The Morgan fingerprint density at radius 3 is 3.06 bits per heavy atom. The quantitative estimate of drug-likeness (QED) is 0.860. The van der Waals surface area contributed by atoms with Gasteiger partial charge in [0.25, 0.3) is 0 Å². The average molecular weight is 250 g/mol. The molecule has 5 nitrogen and oxygen atoms in total. The van der Waals surface area contributed by atoms with Gasteiger partial charge in [0.2, 0.25) is 0 Å². The summed E-state index contributed by atoms with van der Waals surface area (Å²) in [6, 6.07) is 0. The molecular weight excluding hydrogens is 228 g/mol. The summed E-state index contributed by atoms with van der Waals surface area (Å²) in [5.41, 5.74) is 2.18. The van der Waals surface area contributed by atoms with Gasteiger partial charge in [0.15, 0.2) is 5.82 Å². The number of aromatic nitrogens is 2. The zero-order valence-electron chi connectivity index (χ0n) is 11.4. The SMILES string of the molecule is CCN1CCOC(c2ncc(CNC)c(C)n2)C1. The van der Waals surface area contributed by atoms with E-state index in [1.54, 1.807) is 0 Å². The number of ether oxygens (including phenoxy) is 1. The van der Waals surface area contributed by atoms with E-state index >= 15 is 0 Å². The Morgan fingerprint density at radius 1 is 1.56 bits per heavy atom. The summed E-state index contributed by atoms with van der Waals surface area (Å²) < 4.78 is 5.77. The summed E-state index contributed by atoms with van der Waals surface area (Å²) in [6.45, 7) is 8.71. The van der Waals surface area contributed by atoms with Crippen molar-refractivity contribution in [3.8, 4) is 0 Å². The number of likely N-dealkylation sites (N-methyl/N-ethyl adjacent to an activating group) is 1. The zero-order valence-corrected chi connectivity index (χ0v) is 11.4. The van der Waals surface area contributed by atoms with E-state index in [2.05, 4.69) is 27.1 Å². The Morgan fingerprint density at radius 2 is 2.39 bits per heavy atom. The van der Waals surface area contributed by atoms with Crippen LogP contribution in [0.25, 0.3) is 0 Å². The Labute approximate surface area is 109 Å². The second kappa shape index (κ2) is 6.22. The van der Waals surface area contributed by atoms with Crippen molar-refractivity contribution in [2.24, 2.45) is 0 Å². The second-order valence-electron chi connectivity index (χ2n) is 4.62. The molecule has 1 atom stereocenters. The smallest absolute Gasteiger partial charge is 0.158 e. The predicted molar refractivity (Wildman–Crippen MR) is 70.3 cm³/mol. The molecule has 0 radical (unpaired) electrons. The molecule has 0 bridgehead atoms. The van der Waals surface area contributed by atoms with E-state index in [4.69, 9.17) is 4.74 Å². The Balaban J connectivity index is 2.10. The number of rotatable bonds is 4. The summed E-state index contributed by atoms with van der Waals surface area (Å²) in [4.78, 5) is 11.4. The second-order valence-corrected chi connectivity index (χ2v) is 4.62. The van der Waals surface area contributed by atoms with Gasteiger partial charge in [-0.2, -0.15) is 0 Å². The highest BCUT2D eigenvalue weighted by Gasteiger charge is 2.23. The fourth-order valence-corrected chi connectivity index (χ4v) is 2.18. The Bertz CT molecular complexity index is 397.